The first-order valence-electron chi connectivity index (χ1n) is 3.46. The van der Waals surface area contributed by atoms with Crippen LogP contribution in [-0.4, -0.2) is 5.91 Å². The predicted octanol–water partition coefficient (Wildman–Crippen LogP) is 1.46. The van der Waals surface area contributed by atoms with E-state index in [4.69, 9.17) is 17.3 Å². The Balaban J connectivity index is 3.15. The van der Waals surface area contributed by atoms with Crippen molar-refractivity contribution < 1.29 is 13.6 Å². The van der Waals surface area contributed by atoms with Gasteiger partial charge in [0, 0.05) is 5.56 Å². The second kappa shape index (κ2) is 4.07. The summed E-state index contributed by atoms with van der Waals surface area (Å²) in [5.74, 6) is 1.40. The van der Waals surface area contributed by atoms with Gasteiger partial charge < -0.3 is 5.73 Å². The topological polar surface area (TPSA) is 43.1 Å². The quantitative estimate of drug-likeness (QED) is 0.517. The molecule has 0 bridgehead atoms. The molecule has 0 aliphatic heterocycles. The van der Waals surface area contributed by atoms with Gasteiger partial charge in [-0.15, -0.1) is 0 Å². The highest BCUT2D eigenvalue weighted by atomic mass is 35.5. The van der Waals surface area contributed by atoms with Gasteiger partial charge in [-0.1, -0.05) is 17.5 Å². The molecule has 0 radical (unpaired) electrons. The summed E-state index contributed by atoms with van der Waals surface area (Å²) in [7, 11) is 0. The van der Waals surface area contributed by atoms with E-state index in [1.807, 2.05) is 5.92 Å². The highest BCUT2D eigenvalue weighted by molar-refractivity contribution is 6.30. The van der Waals surface area contributed by atoms with Crippen molar-refractivity contribution in [3.63, 3.8) is 0 Å². The number of hydrogen-bond acceptors (Lipinski definition) is 1. The molecule has 0 aliphatic rings. The molecule has 1 amide bonds. The molecule has 5 heteroatoms. The van der Waals surface area contributed by atoms with Crippen LogP contribution in [0.25, 0.3) is 0 Å². The molecular formula is C9H4ClF2NO. The number of rotatable bonds is 0. The lowest BCUT2D eigenvalue weighted by atomic mass is 10.2. The van der Waals surface area contributed by atoms with Crippen LogP contribution in [0.5, 0.6) is 0 Å². The standard InChI is InChI=1S/C9H4ClF2NO/c10-9-6(11)3-5(4-7(9)12)1-2-8(13)14/h3-4H,(H2,13,14). The summed E-state index contributed by atoms with van der Waals surface area (Å²) in [5, 5.41) is -0.602. The van der Waals surface area contributed by atoms with Crippen LogP contribution in [0.4, 0.5) is 8.78 Å². The van der Waals surface area contributed by atoms with Crippen LogP contribution in [0.2, 0.25) is 5.02 Å². The molecule has 1 rings (SSSR count). The van der Waals surface area contributed by atoms with Crippen molar-refractivity contribution in [3.05, 3.63) is 34.4 Å². The Morgan fingerprint density at radius 2 is 1.86 bits per heavy atom. The van der Waals surface area contributed by atoms with Crippen molar-refractivity contribution in [2.24, 2.45) is 5.73 Å². The first-order chi connectivity index (χ1) is 6.50. The van der Waals surface area contributed by atoms with Gasteiger partial charge in [0.25, 0.3) is 5.91 Å². The average Bonchev–Trinajstić information content (AvgIpc) is 2.10. The van der Waals surface area contributed by atoms with Gasteiger partial charge in [-0.2, -0.15) is 0 Å². The molecule has 0 heterocycles. The van der Waals surface area contributed by atoms with Crippen molar-refractivity contribution >= 4 is 17.5 Å². The first kappa shape index (κ1) is 10.5. The molecular weight excluding hydrogens is 212 g/mol. The summed E-state index contributed by atoms with van der Waals surface area (Å²) in [6.07, 6.45) is 0. The smallest absolute Gasteiger partial charge is 0.293 e. The van der Waals surface area contributed by atoms with E-state index >= 15 is 0 Å². The van der Waals surface area contributed by atoms with E-state index in [1.54, 1.807) is 0 Å². The highest BCUT2D eigenvalue weighted by Crippen LogP contribution is 2.19. The summed E-state index contributed by atoms with van der Waals surface area (Å²) in [6, 6.07) is 1.84. The molecule has 0 spiro atoms. The molecule has 0 aromatic heterocycles. The van der Waals surface area contributed by atoms with Crippen molar-refractivity contribution in [3.8, 4) is 11.8 Å². The van der Waals surface area contributed by atoms with Crippen molar-refractivity contribution in [2.45, 2.75) is 0 Å². The third-order valence-corrected chi connectivity index (χ3v) is 1.67. The van der Waals surface area contributed by atoms with Crippen LogP contribution in [0.3, 0.4) is 0 Å². The molecule has 2 N–H and O–H groups in total. The van der Waals surface area contributed by atoms with Crippen LogP contribution in [0.1, 0.15) is 5.56 Å². The Labute approximate surface area is 83.7 Å². The Morgan fingerprint density at radius 1 is 1.36 bits per heavy atom. The van der Waals surface area contributed by atoms with E-state index in [1.165, 1.54) is 0 Å². The molecule has 0 atom stereocenters. The Kier molecular flexibility index (Phi) is 3.05. The minimum atomic E-state index is -0.930. The molecule has 0 saturated carbocycles. The number of nitrogens with two attached hydrogens (primary N) is 1. The number of amides is 1. The number of benzene rings is 1. The number of primary amides is 1. The predicted molar refractivity (Wildman–Crippen MR) is 47.4 cm³/mol. The van der Waals surface area contributed by atoms with Crippen LogP contribution in [-0.2, 0) is 4.79 Å². The normalized spacial score (nSPS) is 9.07. The Bertz CT molecular complexity index is 425. The molecule has 14 heavy (non-hydrogen) atoms. The lowest BCUT2D eigenvalue weighted by Gasteiger charge is -1.96. The maximum absolute atomic E-state index is 12.8. The largest absolute Gasteiger partial charge is 0.359 e. The van der Waals surface area contributed by atoms with Gasteiger partial charge >= 0.3 is 0 Å². The van der Waals surface area contributed by atoms with Crippen LogP contribution >= 0.6 is 11.6 Å². The van der Waals surface area contributed by atoms with Crippen LogP contribution in [0, 0.1) is 23.5 Å². The summed E-state index contributed by atoms with van der Waals surface area (Å²) >= 11 is 5.22. The van der Waals surface area contributed by atoms with E-state index in [9.17, 15) is 13.6 Å². The molecule has 2 nitrogen and oxygen atoms in total. The lowest BCUT2D eigenvalue weighted by Crippen LogP contribution is -2.06. The third-order valence-electron chi connectivity index (χ3n) is 1.31. The summed E-state index contributed by atoms with van der Waals surface area (Å²) in [5.41, 5.74) is 4.72. The van der Waals surface area contributed by atoms with Gasteiger partial charge in [0.1, 0.15) is 16.7 Å². The number of carbonyl (C=O) groups is 1. The molecule has 0 unspecified atom stereocenters. The Hall–Kier alpha value is -1.60. The van der Waals surface area contributed by atoms with Crippen LogP contribution in [0.15, 0.2) is 12.1 Å². The third kappa shape index (κ3) is 2.44. The van der Waals surface area contributed by atoms with Crippen molar-refractivity contribution in [1.29, 1.82) is 0 Å². The van der Waals surface area contributed by atoms with E-state index in [2.05, 4.69) is 5.92 Å². The van der Waals surface area contributed by atoms with E-state index in [0.717, 1.165) is 12.1 Å². The molecule has 72 valence electrons. The number of carbonyl (C=O) groups excluding carboxylic acids is 1. The van der Waals surface area contributed by atoms with E-state index in [-0.39, 0.29) is 5.56 Å². The second-order valence-corrected chi connectivity index (χ2v) is 2.75. The van der Waals surface area contributed by atoms with Crippen LogP contribution < -0.4 is 5.73 Å². The number of hydrogen-bond donors (Lipinski definition) is 1. The lowest BCUT2D eigenvalue weighted by molar-refractivity contribution is -0.112. The summed E-state index contributed by atoms with van der Waals surface area (Å²) in [4.78, 5) is 10.2. The minimum Gasteiger partial charge on any atom is -0.359 e. The highest BCUT2D eigenvalue weighted by Gasteiger charge is 2.07. The van der Waals surface area contributed by atoms with Gasteiger partial charge in [0.05, 0.1) is 0 Å². The van der Waals surface area contributed by atoms with Gasteiger partial charge in [-0.25, -0.2) is 8.78 Å². The Morgan fingerprint density at radius 3 is 2.29 bits per heavy atom. The zero-order chi connectivity index (χ0) is 10.7. The first-order valence-corrected chi connectivity index (χ1v) is 3.84. The van der Waals surface area contributed by atoms with Gasteiger partial charge in [0.2, 0.25) is 0 Å². The number of halogens is 3. The van der Waals surface area contributed by atoms with E-state index < -0.39 is 22.6 Å². The fourth-order valence-electron chi connectivity index (χ4n) is 0.761. The molecule has 0 fully saturated rings. The van der Waals surface area contributed by atoms with Gasteiger partial charge in [-0.05, 0) is 18.1 Å². The molecule has 1 aromatic rings. The molecule has 0 aliphatic carbocycles. The van der Waals surface area contributed by atoms with Gasteiger partial charge in [-0.3, -0.25) is 4.79 Å². The molecule has 1 aromatic carbocycles. The zero-order valence-corrected chi connectivity index (χ0v) is 7.53. The van der Waals surface area contributed by atoms with E-state index in [0.29, 0.717) is 0 Å². The SMILES string of the molecule is NC(=O)C#Cc1cc(F)c(Cl)c(F)c1. The second-order valence-electron chi connectivity index (χ2n) is 2.37. The minimum absolute atomic E-state index is 0.00296. The molecule has 0 saturated heterocycles. The maximum Gasteiger partial charge on any atom is 0.293 e. The zero-order valence-electron chi connectivity index (χ0n) is 6.77. The van der Waals surface area contributed by atoms with Gasteiger partial charge in [0.15, 0.2) is 0 Å². The average molecular weight is 216 g/mol. The van der Waals surface area contributed by atoms with Crippen molar-refractivity contribution in [1.82, 2.24) is 0 Å². The summed E-state index contributed by atoms with van der Waals surface area (Å²) in [6.45, 7) is 0. The fraction of sp³-hybridized carbons (Fsp3) is 0. The maximum atomic E-state index is 12.8. The fourth-order valence-corrected chi connectivity index (χ4v) is 0.871. The summed E-state index contributed by atoms with van der Waals surface area (Å²) < 4.78 is 25.6. The van der Waals surface area contributed by atoms with Crippen molar-refractivity contribution in [2.75, 3.05) is 0 Å². The monoisotopic (exact) mass is 215 g/mol.